The lowest BCUT2D eigenvalue weighted by molar-refractivity contribution is 0.245. The normalized spacial score (nSPS) is 15.2. The van der Waals surface area contributed by atoms with Gasteiger partial charge in [0.1, 0.15) is 5.52 Å². The van der Waals surface area contributed by atoms with Gasteiger partial charge in [-0.3, -0.25) is 0 Å². The Kier molecular flexibility index (Phi) is 3.34. The molecule has 1 saturated heterocycles. The first kappa shape index (κ1) is 14.0. The third-order valence-electron chi connectivity index (χ3n) is 4.19. The van der Waals surface area contributed by atoms with E-state index in [9.17, 15) is 0 Å². The summed E-state index contributed by atoms with van der Waals surface area (Å²) in [4.78, 5) is 21.1. The molecule has 3 aromatic rings. The molecule has 0 atom stereocenters. The molecule has 7 nitrogen and oxygen atoms in total. The summed E-state index contributed by atoms with van der Waals surface area (Å²) in [6.07, 6.45) is 1.65. The van der Waals surface area contributed by atoms with Gasteiger partial charge in [0.15, 0.2) is 11.5 Å². The van der Waals surface area contributed by atoms with E-state index in [1.54, 1.807) is 6.33 Å². The standard InChI is InChI=1S/C16H19N7/c1-22(2)12-8-23(9-12)16-20-14-13(17-10-18-14)15(21-16)19-11-6-4-3-5-7-11/h3-7,10,12H,8-9H2,1-2H3,(H2,17,18,19,20,21). The van der Waals surface area contributed by atoms with Gasteiger partial charge in [-0.15, -0.1) is 0 Å². The van der Waals surface area contributed by atoms with Crippen LogP contribution >= 0.6 is 0 Å². The van der Waals surface area contributed by atoms with Crippen LogP contribution in [-0.4, -0.2) is 58.1 Å². The molecule has 118 valence electrons. The van der Waals surface area contributed by atoms with E-state index in [1.807, 2.05) is 30.3 Å². The molecule has 3 heterocycles. The van der Waals surface area contributed by atoms with Crippen LogP contribution in [0, 0.1) is 0 Å². The molecular formula is C16H19N7. The summed E-state index contributed by atoms with van der Waals surface area (Å²) < 4.78 is 0. The number of hydrogen-bond acceptors (Lipinski definition) is 6. The van der Waals surface area contributed by atoms with Crippen molar-refractivity contribution in [1.29, 1.82) is 0 Å². The molecule has 0 radical (unpaired) electrons. The van der Waals surface area contributed by atoms with Crippen LogP contribution in [0.15, 0.2) is 36.7 Å². The monoisotopic (exact) mass is 309 g/mol. The minimum atomic E-state index is 0.555. The van der Waals surface area contributed by atoms with Crippen molar-refractivity contribution >= 4 is 28.6 Å². The molecule has 1 aliphatic rings. The fourth-order valence-electron chi connectivity index (χ4n) is 2.66. The number of anilines is 3. The van der Waals surface area contributed by atoms with E-state index >= 15 is 0 Å². The topological polar surface area (TPSA) is 73.0 Å². The summed E-state index contributed by atoms with van der Waals surface area (Å²) in [7, 11) is 4.20. The van der Waals surface area contributed by atoms with Crippen LogP contribution < -0.4 is 10.2 Å². The Labute approximate surface area is 134 Å². The van der Waals surface area contributed by atoms with Gasteiger partial charge >= 0.3 is 0 Å². The molecule has 0 amide bonds. The molecule has 7 heteroatoms. The lowest BCUT2D eigenvalue weighted by Gasteiger charge is -2.42. The molecule has 1 aromatic carbocycles. The van der Waals surface area contributed by atoms with Gasteiger partial charge < -0.3 is 20.1 Å². The zero-order chi connectivity index (χ0) is 15.8. The summed E-state index contributed by atoms with van der Waals surface area (Å²) in [5.41, 5.74) is 2.49. The first-order valence-electron chi connectivity index (χ1n) is 7.65. The fourth-order valence-corrected chi connectivity index (χ4v) is 2.66. The second-order valence-corrected chi connectivity index (χ2v) is 5.99. The van der Waals surface area contributed by atoms with E-state index < -0.39 is 0 Å². The molecule has 0 aliphatic carbocycles. The van der Waals surface area contributed by atoms with Gasteiger partial charge in [-0.1, -0.05) is 18.2 Å². The summed E-state index contributed by atoms with van der Waals surface area (Å²) in [5.74, 6) is 1.48. The maximum Gasteiger partial charge on any atom is 0.229 e. The Morgan fingerprint density at radius 2 is 1.96 bits per heavy atom. The van der Waals surface area contributed by atoms with Gasteiger partial charge in [-0.2, -0.15) is 9.97 Å². The number of fused-ring (bicyclic) bond motifs is 1. The lowest BCUT2D eigenvalue weighted by Crippen LogP contribution is -2.58. The quantitative estimate of drug-likeness (QED) is 0.766. The van der Waals surface area contributed by atoms with E-state index in [-0.39, 0.29) is 0 Å². The van der Waals surface area contributed by atoms with E-state index in [1.165, 1.54) is 0 Å². The second kappa shape index (κ2) is 5.51. The van der Waals surface area contributed by atoms with Crippen LogP contribution in [0.1, 0.15) is 0 Å². The largest absolute Gasteiger partial charge is 0.340 e. The van der Waals surface area contributed by atoms with E-state index in [0.717, 1.165) is 36.1 Å². The lowest BCUT2D eigenvalue weighted by atomic mass is 10.1. The molecule has 0 spiro atoms. The molecule has 0 unspecified atom stereocenters. The van der Waals surface area contributed by atoms with Crippen molar-refractivity contribution in [3.05, 3.63) is 36.7 Å². The smallest absolute Gasteiger partial charge is 0.229 e. The minimum absolute atomic E-state index is 0.555. The van der Waals surface area contributed by atoms with Crippen LogP contribution in [0.5, 0.6) is 0 Å². The number of para-hydroxylation sites is 1. The number of imidazole rings is 1. The number of nitrogens with one attached hydrogen (secondary N) is 2. The zero-order valence-electron chi connectivity index (χ0n) is 13.2. The van der Waals surface area contributed by atoms with Crippen molar-refractivity contribution < 1.29 is 0 Å². The van der Waals surface area contributed by atoms with Gasteiger partial charge in [-0.05, 0) is 26.2 Å². The Balaban J connectivity index is 1.65. The second-order valence-electron chi connectivity index (χ2n) is 5.99. The van der Waals surface area contributed by atoms with Crippen LogP contribution in [0.2, 0.25) is 0 Å². The van der Waals surface area contributed by atoms with Crippen molar-refractivity contribution in [2.45, 2.75) is 6.04 Å². The fraction of sp³-hybridized carbons (Fsp3) is 0.312. The van der Waals surface area contributed by atoms with Crippen LogP contribution in [0.4, 0.5) is 17.5 Å². The van der Waals surface area contributed by atoms with Crippen LogP contribution in [0.25, 0.3) is 11.2 Å². The molecule has 0 saturated carbocycles. The number of nitrogens with zero attached hydrogens (tertiary/aromatic N) is 5. The van der Waals surface area contributed by atoms with Crippen molar-refractivity contribution in [3.8, 4) is 0 Å². The summed E-state index contributed by atoms with van der Waals surface area (Å²) in [6, 6.07) is 10.5. The number of likely N-dealkylation sites (N-methyl/N-ethyl adjacent to an activating group) is 1. The van der Waals surface area contributed by atoms with Crippen molar-refractivity contribution in [1.82, 2.24) is 24.8 Å². The van der Waals surface area contributed by atoms with Crippen molar-refractivity contribution in [3.63, 3.8) is 0 Å². The highest BCUT2D eigenvalue weighted by atomic mass is 15.4. The number of H-pyrrole nitrogens is 1. The molecule has 4 rings (SSSR count). The van der Waals surface area contributed by atoms with E-state index in [2.05, 4.69) is 44.2 Å². The average molecular weight is 309 g/mol. The average Bonchev–Trinajstić information content (AvgIpc) is 2.95. The number of hydrogen-bond donors (Lipinski definition) is 2. The molecule has 1 fully saturated rings. The molecule has 0 bridgehead atoms. The minimum Gasteiger partial charge on any atom is -0.340 e. The molecule has 2 aromatic heterocycles. The van der Waals surface area contributed by atoms with Gasteiger partial charge in [0.25, 0.3) is 0 Å². The van der Waals surface area contributed by atoms with Gasteiger partial charge in [0, 0.05) is 24.8 Å². The third kappa shape index (κ3) is 2.59. The molecule has 1 aliphatic heterocycles. The predicted molar refractivity (Wildman–Crippen MR) is 91.1 cm³/mol. The maximum atomic E-state index is 4.70. The van der Waals surface area contributed by atoms with Gasteiger partial charge in [0.05, 0.1) is 6.33 Å². The molecule has 2 N–H and O–H groups in total. The van der Waals surface area contributed by atoms with E-state index in [4.69, 9.17) is 4.98 Å². The number of aromatic nitrogens is 4. The van der Waals surface area contributed by atoms with Crippen LogP contribution in [0.3, 0.4) is 0 Å². The Hall–Kier alpha value is -2.67. The summed E-state index contributed by atoms with van der Waals surface area (Å²) in [6.45, 7) is 1.88. The van der Waals surface area contributed by atoms with Crippen LogP contribution in [-0.2, 0) is 0 Å². The summed E-state index contributed by atoms with van der Waals surface area (Å²) >= 11 is 0. The van der Waals surface area contributed by atoms with Gasteiger partial charge in [-0.25, -0.2) is 4.98 Å². The number of aromatic amines is 1. The highest BCUT2D eigenvalue weighted by molar-refractivity contribution is 5.86. The maximum absolute atomic E-state index is 4.70. The number of rotatable bonds is 4. The third-order valence-corrected chi connectivity index (χ3v) is 4.19. The Bertz CT molecular complexity index is 806. The Morgan fingerprint density at radius 3 is 2.70 bits per heavy atom. The zero-order valence-corrected chi connectivity index (χ0v) is 13.2. The van der Waals surface area contributed by atoms with Crippen molar-refractivity contribution in [2.75, 3.05) is 37.4 Å². The summed E-state index contributed by atoms with van der Waals surface area (Å²) in [5, 5.41) is 3.35. The number of benzene rings is 1. The first-order valence-corrected chi connectivity index (χ1v) is 7.65. The SMILES string of the molecule is CN(C)C1CN(c2nc(Nc3ccccc3)c3[nH]cnc3n2)C1. The molecular weight excluding hydrogens is 290 g/mol. The van der Waals surface area contributed by atoms with Gasteiger partial charge in [0.2, 0.25) is 5.95 Å². The van der Waals surface area contributed by atoms with Crippen molar-refractivity contribution in [2.24, 2.45) is 0 Å². The first-order chi connectivity index (χ1) is 11.2. The Morgan fingerprint density at radius 1 is 1.17 bits per heavy atom. The molecule has 23 heavy (non-hydrogen) atoms. The predicted octanol–water partition coefficient (Wildman–Crippen LogP) is 1.85. The highest BCUT2D eigenvalue weighted by Gasteiger charge is 2.30. The highest BCUT2D eigenvalue weighted by Crippen LogP contribution is 2.26. The van der Waals surface area contributed by atoms with E-state index in [0.29, 0.717) is 11.7 Å².